The van der Waals surface area contributed by atoms with Crippen LogP contribution in [-0.2, 0) is 6.42 Å². The van der Waals surface area contributed by atoms with Crippen molar-refractivity contribution in [3.63, 3.8) is 0 Å². The van der Waals surface area contributed by atoms with Crippen molar-refractivity contribution in [2.45, 2.75) is 20.3 Å². The fraction of sp³-hybridized carbons (Fsp3) is 0.286. The van der Waals surface area contributed by atoms with Gasteiger partial charge in [0.05, 0.1) is 9.90 Å². The number of nitrogens with one attached hydrogen (secondary N) is 1. The maximum atomic E-state index is 5.92. The summed E-state index contributed by atoms with van der Waals surface area (Å²) in [5.74, 6) is 0. The minimum atomic E-state index is 0.372. The molecule has 0 saturated carbocycles. The third kappa shape index (κ3) is 3.69. The van der Waals surface area contributed by atoms with Gasteiger partial charge in [-0.2, -0.15) is 0 Å². The molecule has 0 aliphatic carbocycles. The fourth-order valence-electron chi connectivity index (χ4n) is 2.09. The van der Waals surface area contributed by atoms with Gasteiger partial charge in [0.1, 0.15) is 4.99 Å². The Labute approximate surface area is 133 Å². The van der Waals surface area contributed by atoms with E-state index in [1.165, 1.54) is 4.88 Å². The Kier molecular flexibility index (Phi) is 4.96. The summed E-state index contributed by atoms with van der Waals surface area (Å²) in [6.45, 7) is 4.68. The van der Waals surface area contributed by atoms with Crippen LogP contribution in [0.4, 0.5) is 5.69 Å². The molecule has 0 aromatic carbocycles. The maximum Gasteiger partial charge on any atom is 0.107 e. The van der Waals surface area contributed by atoms with Crippen molar-refractivity contribution < 1.29 is 0 Å². The largest absolute Gasteiger partial charge is 0.389 e. The minimum Gasteiger partial charge on any atom is -0.389 e. The molecule has 0 amide bonds. The van der Waals surface area contributed by atoms with Crippen molar-refractivity contribution in [1.29, 1.82) is 0 Å². The van der Waals surface area contributed by atoms with E-state index in [0.717, 1.165) is 39.9 Å². The van der Waals surface area contributed by atoms with Gasteiger partial charge < -0.3 is 11.1 Å². The van der Waals surface area contributed by atoms with Crippen LogP contribution in [-0.4, -0.2) is 16.5 Å². The maximum absolute atomic E-state index is 5.92. The molecule has 0 fully saturated rings. The van der Waals surface area contributed by atoms with E-state index < -0.39 is 0 Å². The van der Waals surface area contributed by atoms with E-state index >= 15 is 0 Å². The van der Waals surface area contributed by atoms with Crippen LogP contribution in [0.25, 0.3) is 0 Å². The molecule has 2 aromatic rings. The summed E-state index contributed by atoms with van der Waals surface area (Å²) in [4.78, 5) is 6.03. The van der Waals surface area contributed by atoms with Gasteiger partial charge in [-0.25, -0.2) is 0 Å². The Hall–Kier alpha value is -1.17. The van der Waals surface area contributed by atoms with Gasteiger partial charge in [0.15, 0.2) is 0 Å². The van der Waals surface area contributed by atoms with Crippen molar-refractivity contribution in [1.82, 2.24) is 4.98 Å². The summed E-state index contributed by atoms with van der Waals surface area (Å²) in [5, 5.41) is 3.39. The number of thiocarbonyl (C=S) groups is 1. The molecule has 6 heteroatoms. The first-order valence-corrected chi connectivity index (χ1v) is 7.84. The van der Waals surface area contributed by atoms with E-state index in [1.54, 1.807) is 11.3 Å². The monoisotopic (exact) mass is 325 g/mol. The third-order valence-corrected chi connectivity index (χ3v) is 4.39. The molecule has 20 heavy (non-hydrogen) atoms. The van der Waals surface area contributed by atoms with Crippen LogP contribution in [0.3, 0.4) is 0 Å². The number of aromatic nitrogens is 1. The Morgan fingerprint density at radius 1 is 1.45 bits per heavy atom. The molecule has 0 atom stereocenters. The number of nitrogens with two attached hydrogens (primary N) is 1. The van der Waals surface area contributed by atoms with Gasteiger partial charge in [-0.15, -0.1) is 11.3 Å². The zero-order valence-corrected chi connectivity index (χ0v) is 13.8. The van der Waals surface area contributed by atoms with Crippen molar-refractivity contribution in [2.24, 2.45) is 5.73 Å². The molecule has 2 aromatic heterocycles. The van der Waals surface area contributed by atoms with E-state index in [2.05, 4.69) is 10.3 Å². The SMILES string of the molecule is Cc1cc(NCCc2ccc(Cl)s2)c(C(N)=S)c(C)n1. The summed E-state index contributed by atoms with van der Waals surface area (Å²) in [6.07, 6.45) is 0.911. The number of anilines is 1. The lowest BCUT2D eigenvalue weighted by molar-refractivity contribution is 1.03. The molecule has 0 saturated heterocycles. The molecule has 0 aliphatic rings. The molecular weight excluding hydrogens is 310 g/mol. The second-order valence-electron chi connectivity index (χ2n) is 4.52. The molecule has 0 bridgehead atoms. The molecule has 0 spiro atoms. The predicted octanol–water partition coefficient (Wildman–Crippen LogP) is 3.70. The number of pyridine rings is 1. The van der Waals surface area contributed by atoms with Crippen LogP contribution < -0.4 is 11.1 Å². The van der Waals surface area contributed by atoms with Crippen LogP contribution in [0.1, 0.15) is 21.8 Å². The normalized spacial score (nSPS) is 10.6. The van der Waals surface area contributed by atoms with Crippen LogP contribution in [0, 0.1) is 13.8 Å². The topological polar surface area (TPSA) is 50.9 Å². The number of halogens is 1. The van der Waals surface area contributed by atoms with Gasteiger partial charge in [0.25, 0.3) is 0 Å². The zero-order chi connectivity index (χ0) is 14.7. The fourth-order valence-corrected chi connectivity index (χ4v) is 3.43. The number of hydrogen-bond acceptors (Lipinski definition) is 4. The first kappa shape index (κ1) is 15.2. The molecule has 0 radical (unpaired) electrons. The first-order valence-electron chi connectivity index (χ1n) is 6.23. The van der Waals surface area contributed by atoms with Gasteiger partial charge >= 0.3 is 0 Å². The van der Waals surface area contributed by atoms with Crippen LogP contribution in [0.2, 0.25) is 4.34 Å². The smallest absolute Gasteiger partial charge is 0.107 e. The molecule has 0 unspecified atom stereocenters. The highest BCUT2D eigenvalue weighted by Crippen LogP contribution is 2.23. The molecular formula is C14H16ClN3S2. The number of aryl methyl sites for hydroxylation is 2. The molecule has 2 heterocycles. The minimum absolute atomic E-state index is 0.372. The Bertz CT molecular complexity index is 637. The van der Waals surface area contributed by atoms with Gasteiger partial charge in [-0.05, 0) is 38.5 Å². The van der Waals surface area contributed by atoms with Crippen LogP contribution >= 0.6 is 35.2 Å². The summed E-state index contributed by atoms with van der Waals surface area (Å²) in [7, 11) is 0. The van der Waals surface area contributed by atoms with E-state index in [9.17, 15) is 0 Å². The van der Waals surface area contributed by atoms with E-state index in [4.69, 9.17) is 29.6 Å². The number of nitrogens with zero attached hydrogens (tertiary/aromatic N) is 1. The third-order valence-electron chi connectivity index (χ3n) is 2.89. The molecule has 0 aliphatic heterocycles. The lowest BCUT2D eigenvalue weighted by Crippen LogP contribution is -2.17. The van der Waals surface area contributed by atoms with Crippen molar-refractivity contribution in [3.05, 3.63) is 44.4 Å². The van der Waals surface area contributed by atoms with E-state index in [1.807, 2.05) is 32.0 Å². The summed E-state index contributed by atoms with van der Waals surface area (Å²) in [5.41, 5.74) is 9.37. The molecule has 3 nitrogen and oxygen atoms in total. The Balaban J connectivity index is 2.10. The van der Waals surface area contributed by atoms with Gasteiger partial charge in [0, 0.05) is 28.5 Å². The average molecular weight is 326 g/mol. The van der Waals surface area contributed by atoms with Crippen LogP contribution in [0.5, 0.6) is 0 Å². The van der Waals surface area contributed by atoms with Crippen molar-refractivity contribution in [3.8, 4) is 0 Å². The van der Waals surface area contributed by atoms with E-state index in [-0.39, 0.29) is 0 Å². The Morgan fingerprint density at radius 2 is 2.20 bits per heavy atom. The molecule has 3 N–H and O–H groups in total. The highest BCUT2D eigenvalue weighted by atomic mass is 35.5. The summed E-state index contributed by atoms with van der Waals surface area (Å²) in [6, 6.07) is 5.94. The van der Waals surface area contributed by atoms with E-state index in [0.29, 0.717) is 4.99 Å². The Morgan fingerprint density at radius 3 is 2.80 bits per heavy atom. The second kappa shape index (κ2) is 6.52. The standard InChI is InChI=1S/C14H16ClN3S2/c1-8-7-11(13(14(16)19)9(2)18-8)17-6-5-10-3-4-12(15)20-10/h3-4,7H,5-6H2,1-2H3,(H2,16,19)(H,17,18). The highest BCUT2D eigenvalue weighted by molar-refractivity contribution is 7.80. The number of thiophene rings is 1. The van der Waals surface area contributed by atoms with Crippen molar-refractivity contribution in [2.75, 3.05) is 11.9 Å². The zero-order valence-electron chi connectivity index (χ0n) is 11.4. The second-order valence-corrected chi connectivity index (χ2v) is 6.76. The highest BCUT2D eigenvalue weighted by Gasteiger charge is 2.10. The lowest BCUT2D eigenvalue weighted by Gasteiger charge is -2.14. The lowest BCUT2D eigenvalue weighted by atomic mass is 10.1. The van der Waals surface area contributed by atoms with Crippen molar-refractivity contribution >= 4 is 45.8 Å². The predicted molar refractivity (Wildman–Crippen MR) is 91.1 cm³/mol. The quantitative estimate of drug-likeness (QED) is 0.823. The summed E-state index contributed by atoms with van der Waals surface area (Å²) >= 11 is 12.6. The van der Waals surface area contributed by atoms with Gasteiger partial charge in [0.2, 0.25) is 0 Å². The molecule has 106 valence electrons. The van der Waals surface area contributed by atoms with Gasteiger partial charge in [-0.1, -0.05) is 23.8 Å². The number of hydrogen-bond donors (Lipinski definition) is 2. The van der Waals surface area contributed by atoms with Crippen LogP contribution in [0.15, 0.2) is 18.2 Å². The number of rotatable bonds is 5. The summed E-state index contributed by atoms with van der Waals surface area (Å²) < 4.78 is 0.819. The first-order chi connectivity index (χ1) is 9.47. The molecule has 2 rings (SSSR count). The van der Waals surface area contributed by atoms with Gasteiger partial charge in [-0.3, -0.25) is 4.98 Å². The average Bonchev–Trinajstić information content (AvgIpc) is 2.73.